The molecule has 0 fully saturated rings. The molecule has 0 atom stereocenters. The van der Waals surface area contributed by atoms with Crippen molar-refractivity contribution in [3.05, 3.63) is 103 Å². The molecule has 0 amide bonds. The second-order valence-electron chi connectivity index (χ2n) is 6.88. The molecule has 1 aliphatic rings. The molecule has 0 N–H and O–H groups in total. The maximum atomic E-state index is 13.4. The normalized spacial score (nSPS) is 14.5. The average Bonchev–Trinajstić information content (AvgIpc) is 3.09. The summed E-state index contributed by atoms with van der Waals surface area (Å²) >= 11 is 7.07. The summed E-state index contributed by atoms with van der Waals surface area (Å²) in [6.45, 7) is 2.47. The molecule has 1 aliphatic heterocycles. The van der Waals surface area contributed by atoms with Gasteiger partial charge in [0.1, 0.15) is 18.2 Å². The quantitative estimate of drug-likeness (QED) is 0.269. The summed E-state index contributed by atoms with van der Waals surface area (Å²) in [6, 6.07) is 17.4. The molecular formula is C24H16Br2FNO3. The van der Waals surface area contributed by atoms with Crippen LogP contribution in [0.15, 0.2) is 80.3 Å². The number of hydrogen-bond donors (Lipinski definition) is 0. The topological polar surface area (TPSA) is 47.9 Å². The van der Waals surface area contributed by atoms with E-state index in [-0.39, 0.29) is 11.6 Å². The lowest BCUT2D eigenvalue weighted by atomic mass is 10.1. The predicted octanol–water partition coefficient (Wildman–Crippen LogP) is 6.58. The number of hydrogen-bond acceptors (Lipinski definition) is 4. The highest BCUT2D eigenvalue weighted by molar-refractivity contribution is 9.11. The van der Waals surface area contributed by atoms with Crippen molar-refractivity contribution in [1.29, 1.82) is 0 Å². The number of esters is 1. The van der Waals surface area contributed by atoms with Crippen LogP contribution in [0.4, 0.5) is 4.39 Å². The fourth-order valence-corrected chi connectivity index (χ4v) is 4.49. The number of nitrogens with zero attached hydrogens (tertiary/aromatic N) is 1. The van der Waals surface area contributed by atoms with Crippen molar-refractivity contribution in [3.8, 4) is 5.75 Å². The first-order valence-corrected chi connectivity index (χ1v) is 10.9. The van der Waals surface area contributed by atoms with Crippen LogP contribution in [0.5, 0.6) is 5.75 Å². The van der Waals surface area contributed by atoms with Gasteiger partial charge >= 0.3 is 5.97 Å². The Bertz CT molecular complexity index is 1210. The number of aryl methyl sites for hydroxylation is 1. The average molecular weight is 545 g/mol. The third-order valence-electron chi connectivity index (χ3n) is 4.65. The van der Waals surface area contributed by atoms with E-state index in [2.05, 4.69) is 36.9 Å². The number of benzene rings is 3. The third-order valence-corrected chi connectivity index (χ3v) is 5.83. The predicted molar refractivity (Wildman–Crippen MR) is 124 cm³/mol. The molecule has 0 unspecified atom stereocenters. The Hall–Kier alpha value is -2.77. The van der Waals surface area contributed by atoms with Crippen LogP contribution in [0, 0.1) is 12.7 Å². The Balaban J connectivity index is 1.57. The van der Waals surface area contributed by atoms with Crippen molar-refractivity contribution in [2.75, 3.05) is 0 Å². The van der Waals surface area contributed by atoms with Crippen molar-refractivity contribution in [3.63, 3.8) is 0 Å². The molecule has 3 aromatic rings. The molecule has 0 aliphatic carbocycles. The van der Waals surface area contributed by atoms with Gasteiger partial charge in [-0.3, -0.25) is 0 Å². The van der Waals surface area contributed by atoms with Gasteiger partial charge in [0.25, 0.3) is 0 Å². The molecule has 4 rings (SSSR count). The van der Waals surface area contributed by atoms with Crippen molar-refractivity contribution in [1.82, 2.24) is 0 Å². The van der Waals surface area contributed by atoms with Gasteiger partial charge in [-0.2, -0.15) is 0 Å². The minimum Gasteiger partial charge on any atom is -0.487 e. The monoisotopic (exact) mass is 543 g/mol. The van der Waals surface area contributed by atoms with Crippen LogP contribution in [0.2, 0.25) is 0 Å². The summed E-state index contributed by atoms with van der Waals surface area (Å²) in [7, 11) is 0. The maximum absolute atomic E-state index is 13.4. The molecule has 0 saturated carbocycles. The van der Waals surface area contributed by atoms with Crippen LogP contribution in [-0.4, -0.2) is 11.9 Å². The molecule has 1 heterocycles. The largest absolute Gasteiger partial charge is 0.487 e. The van der Waals surface area contributed by atoms with Crippen molar-refractivity contribution in [2.45, 2.75) is 13.5 Å². The Morgan fingerprint density at radius 1 is 1.06 bits per heavy atom. The van der Waals surface area contributed by atoms with Crippen LogP contribution < -0.4 is 4.74 Å². The van der Waals surface area contributed by atoms with Gasteiger partial charge < -0.3 is 9.47 Å². The highest BCUT2D eigenvalue weighted by Gasteiger charge is 2.24. The van der Waals surface area contributed by atoms with E-state index in [9.17, 15) is 9.18 Å². The van der Waals surface area contributed by atoms with Crippen LogP contribution in [0.25, 0.3) is 6.08 Å². The Kier molecular flexibility index (Phi) is 6.34. The Morgan fingerprint density at radius 2 is 1.81 bits per heavy atom. The zero-order valence-electron chi connectivity index (χ0n) is 16.4. The molecule has 156 valence electrons. The smallest absolute Gasteiger partial charge is 0.363 e. The van der Waals surface area contributed by atoms with Gasteiger partial charge in [0.2, 0.25) is 5.90 Å². The first-order chi connectivity index (χ1) is 14.9. The van der Waals surface area contributed by atoms with Gasteiger partial charge in [0, 0.05) is 5.56 Å². The summed E-state index contributed by atoms with van der Waals surface area (Å²) < 4.78 is 26.1. The molecule has 0 bridgehead atoms. The van der Waals surface area contributed by atoms with E-state index in [0.717, 1.165) is 25.6 Å². The standard InChI is InChI=1S/C24H16Br2FNO3/c1-14-5-2-3-6-17(14)13-30-22-19(25)9-15(10-20(22)26)11-21-24(29)31-23(28-21)16-7-4-8-18(27)12-16/h2-12H,13H2,1H3/b21-11-. The summed E-state index contributed by atoms with van der Waals surface area (Å²) in [6.07, 6.45) is 1.61. The van der Waals surface area contributed by atoms with Crippen molar-refractivity contribution < 1.29 is 18.7 Å². The molecule has 0 radical (unpaired) electrons. The Labute approximate surface area is 195 Å². The highest BCUT2D eigenvalue weighted by Crippen LogP contribution is 2.36. The van der Waals surface area contributed by atoms with E-state index in [1.54, 1.807) is 12.1 Å². The van der Waals surface area contributed by atoms with Crippen molar-refractivity contribution in [2.24, 2.45) is 4.99 Å². The lowest BCUT2D eigenvalue weighted by molar-refractivity contribution is -0.129. The third kappa shape index (κ3) is 4.94. The van der Waals surface area contributed by atoms with Crippen LogP contribution >= 0.6 is 31.9 Å². The summed E-state index contributed by atoms with van der Waals surface area (Å²) in [4.78, 5) is 16.4. The fraction of sp³-hybridized carbons (Fsp3) is 0.0833. The first kappa shape index (κ1) is 21.5. The van der Waals surface area contributed by atoms with Crippen LogP contribution in [0.3, 0.4) is 0 Å². The lowest BCUT2D eigenvalue weighted by Crippen LogP contribution is -2.05. The number of ether oxygens (including phenoxy) is 2. The summed E-state index contributed by atoms with van der Waals surface area (Å²) in [5.74, 6) is -0.287. The molecule has 31 heavy (non-hydrogen) atoms. The molecule has 4 nitrogen and oxygen atoms in total. The van der Waals surface area contributed by atoms with E-state index in [4.69, 9.17) is 9.47 Å². The summed E-state index contributed by atoms with van der Waals surface area (Å²) in [5.41, 5.74) is 3.51. The zero-order chi connectivity index (χ0) is 22.0. The van der Waals surface area contributed by atoms with Crippen LogP contribution in [-0.2, 0) is 16.1 Å². The van der Waals surface area contributed by atoms with Gasteiger partial charge in [-0.05, 0) is 91.9 Å². The van der Waals surface area contributed by atoms with Gasteiger partial charge in [-0.15, -0.1) is 0 Å². The SMILES string of the molecule is Cc1ccccc1COc1c(Br)cc(/C=C2\N=C(c3cccc(F)c3)OC2=O)cc1Br. The molecule has 3 aromatic carbocycles. The first-order valence-electron chi connectivity index (χ1n) is 9.35. The van der Waals surface area contributed by atoms with Gasteiger partial charge in [-0.1, -0.05) is 30.3 Å². The minimum absolute atomic E-state index is 0.0760. The zero-order valence-corrected chi connectivity index (χ0v) is 19.5. The number of aliphatic imine (C=N–C) groups is 1. The number of halogens is 3. The van der Waals surface area contributed by atoms with E-state index >= 15 is 0 Å². The van der Waals surface area contributed by atoms with Gasteiger partial charge in [0.15, 0.2) is 5.70 Å². The fourth-order valence-electron chi connectivity index (χ4n) is 3.03. The number of rotatable bonds is 5. The molecule has 0 saturated heterocycles. The molecule has 0 aromatic heterocycles. The van der Waals surface area contributed by atoms with Gasteiger partial charge in [0.05, 0.1) is 8.95 Å². The molecule has 0 spiro atoms. The molecule has 7 heteroatoms. The maximum Gasteiger partial charge on any atom is 0.363 e. The van der Waals surface area contributed by atoms with Crippen LogP contribution in [0.1, 0.15) is 22.3 Å². The van der Waals surface area contributed by atoms with E-state index < -0.39 is 11.8 Å². The molecular weight excluding hydrogens is 529 g/mol. The van der Waals surface area contributed by atoms with E-state index in [1.807, 2.05) is 43.3 Å². The number of carbonyl (C=O) groups excluding carboxylic acids is 1. The highest BCUT2D eigenvalue weighted by atomic mass is 79.9. The van der Waals surface area contributed by atoms with Crippen molar-refractivity contribution >= 4 is 49.8 Å². The van der Waals surface area contributed by atoms with Gasteiger partial charge in [-0.25, -0.2) is 14.2 Å². The Morgan fingerprint density at radius 3 is 2.52 bits per heavy atom. The lowest BCUT2D eigenvalue weighted by Gasteiger charge is -2.12. The second-order valence-corrected chi connectivity index (χ2v) is 8.58. The minimum atomic E-state index is -0.591. The number of carbonyl (C=O) groups is 1. The second kappa shape index (κ2) is 9.16. The van der Waals surface area contributed by atoms with E-state index in [0.29, 0.717) is 17.9 Å². The number of cyclic esters (lactones) is 1. The summed E-state index contributed by atoms with van der Waals surface area (Å²) in [5, 5.41) is 0. The van der Waals surface area contributed by atoms with E-state index in [1.165, 1.54) is 18.2 Å².